The Kier molecular flexibility index (Phi) is 10.7. The van der Waals surface area contributed by atoms with Gasteiger partial charge in [0.25, 0.3) is 11.8 Å². The first kappa shape index (κ1) is 38.2. The minimum atomic E-state index is -3.67. The van der Waals surface area contributed by atoms with E-state index in [1.54, 1.807) is 38.4 Å². The Bertz CT molecular complexity index is 2130. The fourth-order valence-electron chi connectivity index (χ4n) is 9.18. The number of fused-ring (bicyclic) bond motifs is 5. The van der Waals surface area contributed by atoms with Crippen molar-refractivity contribution in [3.05, 3.63) is 93.8 Å². The van der Waals surface area contributed by atoms with Crippen LogP contribution in [0.15, 0.2) is 65.2 Å². The molecule has 8 rings (SSSR count). The molecule has 1 fully saturated rings. The van der Waals surface area contributed by atoms with E-state index in [0.717, 1.165) is 48.5 Å². The molecule has 3 aliphatic heterocycles. The van der Waals surface area contributed by atoms with Crippen molar-refractivity contribution in [3.63, 3.8) is 0 Å². The van der Waals surface area contributed by atoms with Gasteiger partial charge >= 0.3 is 0 Å². The summed E-state index contributed by atoms with van der Waals surface area (Å²) >= 11 is 6.46. The van der Waals surface area contributed by atoms with Gasteiger partial charge in [0.2, 0.25) is 0 Å². The lowest BCUT2D eigenvalue weighted by molar-refractivity contribution is -0.0382. The maximum absolute atomic E-state index is 15.0. The molecule has 8 unspecified atom stereocenters. The molecule has 2 bridgehead atoms. The number of nitrogens with zero attached hydrogens (tertiary/aromatic N) is 3. The summed E-state index contributed by atoms with van der Waals surface area (Å²) in [6.07, 6.45) is 10.0. The van der Waals surface area contributed by atoms with Gasteiger partial charge in [-0.2, -0.15) is 0 Å². The van der Waals surface area contributed by atoms with Crippen molar-refractivity contribution < 1.29 is 33.1 Å². The van der Waals surface area contributed by atoms with Crippen LogP contribution in [0.5, 0.6) is 5.75 Å². The summed E-state index contributed by atoms with van der Waals surface area (Å²) < 4.78 is 41.8. The summed E-state index contributed by atoms with van der Waals surface area (Å²) in [7, 11) is -2.05. The van der Waals surface area contributed by atoms with Gasteiger partial charge in [-0.05, 0) is 111 Å². The van der Waals surface area contributed by atoms with Gasteiger partial charge < -0.3 is 28.8 Å². The van der Waals surface area contributed by atoms with Gasteiger partial charge in [0.15, 0.2) is 0 Å². The van der Waals surface area contributed by atoms with Gasteiger partial charge in [0, 0.05) is 48.1 Å². The molecule has 2 N–H and O–H groups in total. The van der Waals surface area contributed by atoms with Crippen LogP contribution in [0.2, 0.25) is 5.02 Å². The molecule has 1 aromatic heterocycles. The summed E-state index contributed by atoms with van der Waals surface area (Å²) in [6, 6.07) is 13.2. The van der Waals surface area contributed by atoms with Crippen molar-refractivity contribution in [3.8, 4) is 5.75 Å². The average molecular weight is 791 g/mol. The summed E-state index contributed by atoms with van der Waals surface area (Å²) in [6.45, 7) is 6.76. The predicted molar refractivity (Wildman–Crippen MR) is 212 cm³/mol. The number of methoxy groups -OCH3 is 1. The molecule has 13 heteroatoms. The van der Waals surface area contributed by atoms with Gasteiger partial charge in [0.1, 0.15) is 15.7 Å². The third-order valence-corrected chi connectivity index (χ3v) is 15.3. The van der Waals surface area contributed by atoms with Crippen LogP contribution in [0.1, 0.15) is 83.5 Å². The van der Waals surface area contributed by atoms with Crippen molar-refractivity contribution >= 4 is 39.0 Å². The molecule has 4 heterocycles. The zero-order valence-corrected chi connectivity index (χ0v) is 33.3. The van der Waals surface area contributed by atoms with E-state index in [1.807, 2.05) is 35.8 Å². The Morgan fingerprint density at radius 1 is 1.16 bits per heavy atom. The lowest BCUT2D eigenvalue weighted by Crippen LogP contribution is -2.49. The summed E-state index contributed by atoms with van der Waals surface area (Å²) in [5, 5.41) is 11.5. The number of carbonyl (C=O) groups is 2. The number of rotatable bonds is 4. The van der Waals surface area contributed by atoms with Gasteiger partial charge in [-0.25, -0.2) is 4.21 Å². The largest absolute Gasteiger partial charge is 0.490 e. The Hall–Kier alpha value is -3.68. The highest BCUT2D eigenvalue weighted by atomic mass is 35.5. The van der Waals surface area contributed by atoms with E-state index in [9.17, 15) is 14.7 Å². The minimum absolute atomic E-state index is 0.0876. The van der Waals surface area contributed by atoms with Crippen LogP contribution in [0.3, 0.4) is 0 Å². The predicted octanol–water partition coefficient (Wildman–Crippen LogP) is 6.48. The Balaban J connectivity index is 1.17. The van der Waals surface area contributed by atoms with Crippen molar-refractivity contribution in [2.45, 2.75) is 88.4 Å². The second-order valence-corrected chi connectivity index (χ2v) is 19.0. The maximum Gasteiger partial charge on any atom is 0.286 e. The SMILES string of the molecule is COCC1Cn2cc(C(=O)NS3(=O)=NC(=O)c4ccc5c(c4)N(CC4CCC4C(O)/C=C/CC(C)C3C)CC3(CCCc4cc(Cl)ccc43)CO5)cc2CO1. The number of aromatic nitrogens is 1. The molecule has 1 saturated carbocycles. The molecular weight excluding hydrogens is 740 g/mol. The number of aryl methyl sites for hydroxylation is 1. The Morgan fingerprint density at radius 3 is 2.82 bits per heavy atom. The number of ether oxygens (including phenoxy) is 3. The molecule has 2 aliphatic carbocycles. The number of aliphatic hydroxyl groups excluding tert-OH is 1. The lowest BCUT2D eigenvalue weighted by Gasteiger charge is -2.45. The smallest absolute Gasteiger partial charge is 0.286 e. The number of allylic oxidation sites excluding steroid dienone is 1. The number of nitrogens with one attached hydrogen (secondary N) is 1. The third-order valence-electron chi connectivity index (χ3n) is 12.7. The first-order valence-corrected chi connectivity index (χ1v) is 21.5. The molecule has 2 amide bonds. The van der Waals surface area contributed by atoms with Gasteiger partial charge in [-0.15, -0.1) is 4.36 Å². The number of hydrogen-bond donors (Lipinski definition) is 2. The number of benzene rings is 2. The number of carbonyl (C=O) groups excluding carboxylic acids is 2. The molecule has 55 heavy (non-hydrogen) atoms. The molecule has 3 aromatic rings. The number of halogens is 1. The maximum atomic E-state index is 15.0. The quantitative estimate of drug-likeness (QED) is 0.287. The molecule has 2 aromatic carbocycles. The molecule has 0 saturated heterocycles. The standard InChI is InChI=1S/C42H51ClN4O7S/c1-26-6-4-8-38(48)35-12-9-30(35)19-47-24-42(15-5-7-28-16-32(43)11-13-36(28)42)25-54-39-14-10-29(18-37(39)47)40(49)44-55(51,27(26)2)45-41(50)31-17-33-22-53-34(23-52-3)21-46(33)20-31/h4,8,10-11,13-14,16-18,20,26-27,30,34-35,38,48H,5-7,9,12,15,19,21-25H2,1-3H3,(H,44,45,49,50,51)/b8-4+. The van der Waals surface area contributed by atoms with E-state index in [-0.39, 0.29) is 34.8 Å². The molecule has 5 aliphatic rings. The topological polar surface area (TPSA) is 132 Å². The molecule has 294 valence electrons. The third kappa shape index (κ3) is 7.48. The fraction of sp³-hybridized carbons (Fsp3) is 0.524. The normalized spacial score (nSPS) is 32.5. The van der Waals surface area contributed by atoms with E-state index < -0.39 is 33.1 Å². The van der Waals surface area contributed by atoms with Crippen LogP contribution in [0, 0.1) is 17.8 Å². The highest BCUT2D eigenvalue weighted by Gasteiger charge is 2.44. The van der Waals surface area contributed by atoms with Crippen molar-refractivity contribution in [1.29, 1.82) is 0 Å². The van der Waals surface area contributed by atoms with Crippen LogP contribution in [-0.4, -0.2) is 76.6 Å². The summed E-state index contributed by atoms with van der Waals surface area (Å²) in [5.41, 5.74) is 4.34. The van der Waals surface area contributed by atoms with Crippen molar-refractivity contribution in [2.75, 3.05) is 38.3 Å². The molecular formula is C42H51ClN4O7S. The first-order valence-electron chi connectivity index (χ1n) is 19.5. The molecule has 8 atom stereocenters. The second-order valence-electron chi connectivity index (χ2n) is 16.3. The number of anilines is 1. The van der Waals surface area contributed by atoms with Gasteiger partial charge in [-0.3, -0.25) is 14.3 Å². The van der Waals surface area contributed by atoms with E-state index in [1.165, 1.54) is 11.1 Å². The minimum Gasteiger partial charge on any atom is -0.490 e. The molecule has 1 spiro atoms. The van der Waals surface area contributed by atoms with Crippen LogP contribution in [0.4, 0.5) is 5.69 Å². The van der Waals surface area contributed by atoms with Crippen LogP contribution in [0.25, 0.3) is 0 Å². The lowest BCUT2D eigenvalue weighted by atomic mass is 9.68. The van der Waals surface area contributed by atoms with Crippen molar-refractivity contribution in [2.24, 2.45) is 22.1 Å². The zero-order valence-electron chi connectivity index (χ0n) is 31.7. The zero-order chi connectivity index (χ0) is 38.5. The number of aliphatic hydroxyl groups is 1. The Morgan fingerprint density at radius 2 is 2.02 bits per heavy atom. The van der Waals surface area contributed by atoms with E-state index >= 15 is 4.21 Å². The van der Waals surface area contributed by atoms with Crippen LogP contribution < -0.4 is 14.4 Å². The van der Waals surface area contributed by atoms with Crippen molar-refractivity contribution in [1.82, 2.24) is 9.29 Å². The van der Waals surface area contributed by atoms with Gasteiger partial charge in [-0.1, -0.05) is 36.7 Å². The second kappa shape index (κ2) is 15.3. The van der Waals surface area contributed by atoms with E-state index in [0.29, 0.717) is 57.2 Å². The first-order chi connectivity index (χ1) is 26.4. The van der Waals surface area contributed by atoms with Crippen LogP contribution in [-0.2, 0) is 44.4 Å². The molecule has 11 nitrogen and oxygen atoms in total. The average Bonchev–Trinajstić information content (AvgIpc) is 3.52. The fourth-order valence-corrected chi connectivity index (χ4v) is 11.2. The Labute approximate surface area is 328 Å². The van der Waals surface area contributed by atoms with E-state index in [4.69, 9.17) is 25.8 Å². The summed E-state index contributed by atoms with van der Waals surface area (Å²) in [4.78, 5) is 30.4. The van der Waals surface area contributed by atoms with E-state index in [2.05, 4.69) is 26.1 Å². The number of amides is 2. The number of hydrogen-bond acceptors (Lipinski definition) is 8. The van der Waals surface area contributed by atoms with Gasteiger partial charge in [0.05, 0.1) is 55.1 Å². The highest BCUT2D eigenvalue weighted by molar-refractivity contribution is 7.93. The highest BCUT2D eigenvalue weighted by Crippen LogP contribution is 2.47. The summed E-state index contributed by atoms with van der Waals surface area (Å²) in [5.74, 6) is -0.500. The molecule has 0 radical (unpaired) electrons. The monoisotopic (exact) mass is 790 g/mol. The van der Waals surface area contributed by atoms with Crippen LogP contribution >= 0.6 is 11.6 Å².